The Morgan fingerprint density at radius 1 is 0.398 bits per heavy atom. The third-order valence-corrected chi connectivity index (χ3v) is 22.8. The largest absolute Gasteiger partial charge is 0.480 e. The molecule has 43 heteroatoms. The Hall–Kier alpha value is -11.6. The maximum Gasteiger partial charge on any atom is 0.326 e. The number of carboxylic acid groups (broad SMARTS) is 1. The highest BCUT2D eigenvalue weighted by Gasteiger charge is 2.40. The van der Waals surface area contributed by atoms with E-state index in [4.69, 9.17) is 40.1 Å². The second kappa shape index (κ2) is 62.7. The highest BCUT2D eigenvalue weighted by Crippen LogP contribution is 2.22. The number of carboxylic acids is 1. The highest BCUT2D eigenvalue weighted by atomic mass is 16.4. The van der Waals surface area contributed by atoms with Crippen LogP contribution < -0.4 is 115 Å². The summed E-state index contributed by atoms with van der Waals surface area (Å²) in [6.07, 6.45) is 9.21. The molecule has 1 aromatic heterocycles. The molecule has 17 atom stereocenters. The van der Waals surface area contributed by atoms with E-state index in [2.05, 4.69) is 91.3 Å². The molecule has 1 heterocycles. The van der Waals surface area contributed by atoms with Gasteiger partial charge in [-0.1, -0.05) is 171 Å². The van der Waals surface area contributed by atoms with Gasteiger partial charge in [0.15, 0.2) is 5.96 Å². The molecule has 43 nitrogen and oxygen atoms in total. The van der Waals surface area contributed by atoms with Gasteiger partial charge in [0.25, 0.3) is 0 Å². The van der Waals surface area contributed by atoms with Crippen LogP contribution in [0.1, 0.15) is 263 Å². The number of carbonyl (C=O) groups is 18. The molecule has 0 aliphatic heterocycles. The fraction of sp³-hybridized carbons (Fsp3) is 0.700. The van der Waals surface area contributed by atoms with E-state index in [0.717, 1.165) is 25.7 Å². The Balaban J connectivity index is 2.48. The molecule has 0 fully saturated rings. The van der Waals surface area contributed by atoms with Crippen LogP contribution in [0.4, 0.5) is 0 Å². The van der Waals surface area contributed by atoms with E-state index in [9.17, 15) is 96.5 Å². The number of carbonyl (C=O) groups excluding carboxylic acids is 17. The fourth-order valence-corrected chi connectivity index (χ4v) is 14.5. The molecule has 0 spiro atoms. The highest BCUT2D eigenvalue weighted by molar-refractivity contribution is 6.01. The zero-order chi connectivity index (χ0) is 100. The smallest absolute Gasteiger partial charge is 0.326 e. The molecule has 0 saturated heterocycles. The topological polar surface area (TPSA) is 726 Å². The van der Waals surface area contributed by atoms with Crippen molar-refractivity contribution in [3.63, 3.8) is 0 Å². The van der Waals surface area contributed by atoms with Crippen LogP contribution in [0.5, 0.6) is 0 Å². The van der Waals surface area contributed by atoms with E-state index in [-0.39, 0.29) is 95.1 Å². The van der Waals surface area contributed by atoms with E-state index < -0.39 is 247 Å². The van der Waals surface area contributed by atoms with Gasteiger partial charge >= 0.3 is 5.97 Å². The molecule has 2 rings (SSSR count). The van der Waals surface area contributed by atoms with Crippen molar-refractivity contribution in [3.8, 4) is 0 Å². The van der Waals surface area contributed by atoms with E-state index in [1.54, 1.807) is 99.7 Å². The number of aliphatic hydroxyl groups is 1. The number of aliphatic imine (C=N–C) groups is 1. The van der Waals surface area contributed by atoms with Crippen LogP contribution in [0.2, 0.25) is 0 Å². The zero-order valence-corrected chi connectivity index (χ0v) is 79.9. The Morgan fingerprint density at radius 2 is 0.789 bits per heavy atom. The van der Waals surface area contributed by atoms with Gasteiger partial charge < -0.3 is 130 Å². The van der Waals surface area contributed by atoms with Crippen molar-refractivity contribution in [2.75, 3.05) is 19.6 Å². The van der Waals surface area contributed by atoms with Crippen molar-refractivity contribution in [3.05, 3.63) is 36.0 Å². The molecule has 1 aromatic carbocycles. The quantitative estimate of drug-likeness (QED) is 0.0216. The number of guanidine groups is 1. The van der Waals surface area contributed by atoms with E-state index in [1.807, 2.05) is 0 Å². The number of nitrogens with two attached hydrogens (primary N) is 7. The molecule has 133 heavy (non-hydrogen) atoms. The maximum atomic E-state index is 14.7. The SMILES string of the molecule is CCCCCCCCCCCC[C@@H](N)C(=O)N[C@@H](CCC(N)=O)C(=O)N[C@@H](CC(C)C)C(=O)N[C@H](C(=O)N[C@H](C(=O)N[C@@H](Cc1c[nH]c2ccccc12)C(=O)NCC(=O)N[C@H](C(=O)N[C@@H](CCCCN)C(=O)N[C@@H](CCC(N)=O)C(=O)N[C@@H](CC(C)C)C(=O)N[C@@H](CCC(N)=O)C(=O)N[C@@H](C)C(=O)N[C@@H](CCCN=C(N)N)C(=O)N[C@H](C(=O)O)[C@@H](C)CC)[C@@H](C)CC)C(C)C)[C@@H](C)O. The van der Waals surface area contributed by atoms with E-state index in [0.29, 0.717) is 42.1 Å². The van der Waals surface area contributed by atoms with Gasteiger partial charge in [0.05, 0.1) is 18.7 Å². The van der Waals surface area contributed by atoms with Crippen molar-refractivity contribution in [2.24, 2.45) is 74.7 Å². The number of nitrogens with one attached hydrogen (secondary N) is 15. The summed E-state index contributed by atoms with van der Waals surface area (Å²) in [6.45, 7) is 20.7. The number of primary amides is 3. The van der Waals surface area contributed by atoms with Crippen LogP contribution in [0.15, 0.2) is 35.5 Å². The number of hydrogen-bond acceptors (Lipinski definition) is 22. The number of amides is 17. The average molecular weight is 1880 g/mol. The number of aliphatic hydroxyl groups excluding tert-OH is 1. The number of H-pyrrole nitrogens is 1. The summed E-state index contributed by atoms with van der Waals surface area (Å²) in [5.74, 6) is -19.8. The Kier molecular flexibility index (Phi) is 55.4. The predicted octanol–water partition coefficient (Wildman–Crippen LogP) is -0.928. The molecule has 31 N–H and O–H groups in total. The normalized spacial score (nSPS) is 15.2. The van der Waals surface area contributed by atoms with Crippen molar-refractivity contribution in [2.45, 2.75) is 354 Å². The maximum absolute atomic E-state index is 14.7. The minimum Gasteiger partial charge on any atom is -0.480 e. The van der Waals surface area contributed by atoms with Crippen molar-refractivity contribution in [1.29, 1.82) is 0 Å². The monoisotopic (exact) mass is 1880 g/mol. The summed E-state index contributed by atoms with van der Waals surface area (Å²) in [5, 5.41) is 57.7. The number of aromatic nitrogens is 1. The van der Waals surface area contributed by atoms with Crippen LogP contribution in [-0.4, -0.2) is 238 Å². The zero-order valence-electron chi connectivity index (χ0n) is 79.9. The first-order chi connectivity index (χ1) is 62.7. The first-order valence-corrected chi connectivity index (χ1v) is 46.7. The number of hydrogen-bond donors (Lipinski definition) is 24. The third-order valence-electron chi connectivity index (χ3n) is 22.8. The van der Waals surface area contributed by atoms with Crippen molar-refractivity contribution >= 4 is 123 Å². The van der Waals surface area contributed by atoms with Gasteiger partial charge in [-0.05, 0) is 132 Å². The lowest BCUT2D eigenvalue weighted by molar-refractivity contribution is -0.144. The lowest BCUT2D eigenvalue weighted by Gasteiger charge is -2.30. The number of aromatic amines is 1. The molecule has 0 aliphatic carbocycles. The summed E-state index contributed by atoms with van der Waals surface area (Å²) in [7, 11) is 0. The van der Waals surface area contributed by atoms with Gasteiger partial charge in [0, 0.05) is 49.3 Å². The summed E-state index contributed by atoms with van der Waals surface area (Å²) in [5.41, 5.74) is 40.8. The molecular formula is C90H155N23O20. The number of aliphatic carboxylic acids is 1. The molecule has 0 unspecified atom stereocenters. The molecule has 750 valence electrons. The minimum atomic E-state index is -1.78. The average Bonchev–Trinajstić information content (AvgIpc) is 1.71. The molecule has 2 aromatic rings. The molecular weight excluding hydrogens is 1720 g/mol. The standard InChI is InChI=1S/C90H155N23O20/c1-14-17-18-19-20-21-22-23-24-25-32-58(92)77(120)103-63(37-40-69(94)116)81(124)108-66(45-50(6)7)85(128)113-75(55(13)114)88(131)111-72(51(8)9)86(129)109-67(46-56-47-99-59-33-27-26-31-57(56)59)78(121)100-48-71(118)110-73(52(10)15-2)87(130)106-60(34-28-29-42-91)80(123)104-64(38-41-70(95)117)82(125)107-65(44-49(4)5)84(127)105-62(36-39-68(93)115)79(122)101-54(12)76(119)102-61(35-30-43-98-90(96)97)83(126)112-74(89(132)133)53(11)16-3/h26-27,31,33,47,49-55,58,60-67,72-75,99,114H,14-25,28-30,32,34-46,48,91-92H2,1-13H3,(H2,93,115)(H2,94,116)(H2,95,117)(H,100,121)(H,101,122)(H,102,119)(H,103,120)(H,104,123)(H,105,127)(H,106,130)(H,107,125)(H,108,124)(H,109,129)(H,110,118)(H,111,131)(H,112,126)(H,113,128)(H,132,133)(H4,96,97,98)/t52-,53-,54-,55+,58+,60-,61-,62-,63-,64-,65-,66-,67-,72-,73-,74-,75-/m0/s1. The minimum absolute atomic E-state index is 0.0218. The molecule has 0 radical (unpaired) electrons. The van der Waals surface area contributed by atoms with Gasteiger partial charge in [0.2, 0.25) is 100 Å². The Morgan fingerprint density at radius 3 is 1.26 bits per heavy atom. The summed E-state index contributed by atoms with van der Waals surface area (Å²) >= 11 is 0. The van der Waals surface area contributed by atoms with Crippen LogP contribution in [0.25, 0.3) is 10.9 Å². The lowest BCUT2D eigenvalue weighted by Crippen LogP contribution is -2.62. The fourth-order valence-electron chi connectivity index (χ4n) is 14.5. The summed E-state index contributed by atoms with van der Waals surface area (Å²) in [6, 6.07) is -13.4. The molecule has 0 aliphatic rings. The molecule has 0 saturated carbocycles. The van der Waals surface area contributed by atoms with Crippen LogP contribution in [0, 0.1) is 29.6 Å². The number of benzene rings is 1. The van der Waals surface area contributed by atoms with Gasteiger partial charge in [-0.15, -0.1) is 0 Å². The van der Waals surface area contributed by atoms with Gasteiger partial charge in [0.1, 0.15) is 78.5 Å². The Labute approximate surface area is 780 Å². The van der Waals surface area contributed by atoms with Crippen LogP contribution >= 0.6 is 0 Å². The van der Waals surface area contributed by atoms with Crippen LogP contribution in [0.3, 0.4) is 0 Å². The Bertz CT molecular complexity index is 4140. The number of para-hydroxylation sites is 1. The summed E-state index contributed by atoms with van der Waals surface area (Å²) in [4.78, 5) is 256. The summed E-state index contributed by atoms with van der Waals surface area (Å²) < 4.78 is 0. The van der Waals surface area contributed by atoms with Gasteiger partial charge in [-0.3, -0.25) is 86.5 Å². The second-order valence-corrected chi connectivity index (χ2v) is 35.7. The number of unbranched alkanes of at least 4 members (excludes halogenated alkanes) is 10. The number of fused-ring (bicyclic) bond motifs is 1. The van der Waals surface area contributed by atoms with Gasteiger partial charge in [-0.25, -0.2) is 4.79 Å². The van der Waals surface area contributed by atoms with Crippen molar-refractivity contribution in [1.82, 2.24) is 79.4 Å². The second-order valence-electron chi connectivity index (χ2n) is 35.7. The molecule has 0 bridgehead atoms. The number of nitrogens with zero attached hydrogens (tertiary/aromatic N) is 1. The van der Waals surface area contributed by atoms with Crippen molar-refractivity contribution < 1.29 is 96.5 Å². The van der Waals surface area contributed by atoms with E-state index >= 15 is 0 Å². The predicted molar refractivity (Wildman–Crippen MR) is 500 cm³/mol. The number of rotatable bonds is 69. The first-order valence-electron chi connectivity index (χ1n) is 46.7. The third kappa shape index (κ3) is 45.6. The first kappa shape index (κ1) is 117. The van der Waals surface area contributed by atoms with Crippen LogP contribution in [-0.2, 0) is 92.7 Å². The lowest BCUT2D eigenvalue weighted by atomic mass is 9.97. The molecule has 17 amide bonds. The van der Waals surface area contributed by atoms with Gasteiger partial charge in [-0.2, -0.15) is 0 Å². The van der Waals surface area contributed by atoms with E-state index in [1.165, 1.54) is 46.0 Å².